The lowest BCUT2D eigenvalue weighted by Crippen LogP contribution is -2.52. The van der Waals surface area contributed by atoms with Crippen molar-refractivity contribution in [1.29, 1.82) is 0 Å². The highest BCUT2D eigenvalue weighted by atomic mass is 32.1. The van der Waals surface area contributed by atoms with E-state index in [1.807, 2.05) is 15.9 Å². The summed E-state index contributed by atoms with van der Waals surface area (Å²) in [4.78, 5) is 27.3. The Hall–Kier alpha value is -2.95. The molecule has 0 unspecified atom stereocenters. The number of thiazole rings is 1. The Kier molecular flexibility index (Phi) is 6.05. The van der Waals surface area contributed by atoms with E-state index in [-0.39, 0.29) is 17.6 Å². The summed E-state index contributed by atoms with van der Waals surface area (Å²) in [7, 11) is 0. The Morgan fingerprint density at radius 1 is 0.971 bits per heavy atom. The Bertz CT molecular complexity index is 1170. The minimum absolute atomic E-state index is 0.0712. The molecule has 3 aromatic rings. The number of alkyl halides is 3. The van der Waals surface area contributed by atoms with Gasteiger partial charge in [0, 0.05) is 51.4 Å². The van der Waals surface area contributed by atoms with E-state index in [1.165, 1.54) is 23.5 Å². The van der Waals surface area contributed by atoms with E-state index in [1.54, 1.807) is 6.07 Å². The van der Waals surface area contributed by atoms with Crippen LogP contribution in [0.3, 0.4) is 0 Å². The number of para-hydroxylation sites is 1. The standard InChI is InChI=1S/C23H23F4N5OS/c24-17-2-1-3-18-20(17)29-22(34-18)32-8-6-15(7-9-32)21(33)31-12-10-30(11-13-31)19-5-4-16(14-28-19)23(25,26)27/h1-5,14-15H,6-13H2. The fourth-order valence-electron chi connectivity index (χ4n) is 4.51. The van der Waals surface area contributed by atoms with Crippen LogP contribution < -0.4 is 9.80 Å². The first-order valence-corrected chi connectivity index (χ1v) is 12.0. The summed E-state index contributed by atoms with van der Waals surface area (Å²) >= 11 is 1.46. The van der Waals surface area contributed by atoms with Gasteiger partial charge in [-0.3, -0.25) is 4.79 Å². The fraction of sp³-hybridized carbons (Fsp3) is 0.435. The van der Waals surface area contributed by atoms with E-state index in [4.69, 9.17) is 0 Å². The lowest BCUT2D eigenvalue weighted by Gasteiger charge is -2.39. The summed E-state index contributed by atoms with van der Waals surface area (Å²) < 4.78 is 53.0. The van der Waals surface area contributed by atoms with Crippen molar-refractivity contribution < 1.29 is 22.4 Å². The number of anilines is 2. The molecular weight excluding hydrogens is 470 g/mol. The molecular formula is C23H23F4N5OS. The molecule has 0 atom stereocenters. The van der Waals surface area contributed by atoms with Crippen LogP contribution in [0.5, 0.6) is 0 Å². The first-order valence-electron chi connectivity index (χ1n) is 11.2. The number of benzene rings is 1. The van der Waals surface area contributed by atoms with Gasteiger partial charge in [0.05, 0.1) is 10.3 Å². The van der Waals surface area contributed by atoms with Crippen LogP contribution in [0.2, 0.25) is 0 Å². The van der Waals surface area contributed by atoms with E-state index in [9.17, 15) is 22.4 Å². The van der Waals surface area contributed by atoms with E-state index in [0.29, 0.717) is 63.4 Å². The molecule has 0 spiro atoms. The molecule has 0 radical (unpaired) electrons. The maximum absolute atomic E-state index is 14.0. The molecule has 0 saturated carbocycles. The van der Waals surface area contributed by atoms with E-state index in [2.05, 4.69) is 14.9 Å². The number of fused-ring (bicyclic) bond motifs is 1. The predicted molar refractivity (Wildman–Crippen MR) is 123 cm³/mol. The first-order chi connectivity index (χ1) is 16.3. The third kappa shape index (κ3) is 4.53. The Morgan fingerprint density at radius 3 is 2.32 bits per heavy atom. The number of carbonyl (C=O) groups is 1. The molecule has 180 valence electrons. The molecule has 4 heterocycles. The summed E-state index contributed by atoms with van der Waals surface area (Å²) in [5.74, 6) is 0.213. The molecule has 5 rings (SSSR count). The monoisotopic (exact) mass is 493 g/mol. The summed E-state index contributed by atoms with van der Waals surface area (Å²) in [6.07, 6.45) is -2.15. The van der Waals surface area contributed by atoms with Gasteiger partial charge in [-0.2, -0.15) is 13.2 Å². The number of piperazine rings is 1. The van der Waals surface area contributed by atoms with Gasteiger partial charge in [-0.15, -0.1) is 0 Å². The molecule has 2 aliphatic heterocycles. The van der Waals surface area contributed by atoms with Crippen molar-refractivity contribution in [2.45, 2.75) is 19.0 Å². The maximum Gasteiger partial charge on any atom is 0.417 e. The summed E-state index contributed by atoms with van der Waals surface area (Å²) in [5, 5.41) is 0.781. The molecule has 6 nitrogen and oxygen atoms in total. The van der Waals surface area contributed by atoms with Crippen LogP contribution in [-0.4, -0.2) is 60.0 Å². The number of aromatic nitrogens is 2. The van der Waals surface area contributed by atoms with E-state index >= 15 is 0 Å². The van der Waals surface area contributed by atoms with Gasteiger partial charge >= 0.3 is 6.18 Å². The zero-order valence-corrected chi connectivity index (χ0v) is 19.1. The number of piperidine rings is 1. The highest BCUT2D eigenvalue weighted by Gasteiger charge is 2.33. The van der Waals surface area contributed by atoms with Gasteiger partial charge in [-0.05, 0) is 37.1 Å². The molecule has 34 heavy (non-hydrogen) atoms. The SMILES string of the molecule is O=C(C1CCN(c2nc3c(F)cccc3s2)CC1)N1CCN(c2ccc(C(F)(F)F)cn2)CC1. The number of pyridine rings is 1. The zero-order chi connectivity index (χ0) is 23.9. The van der Waals surface area contributed by atoms with Crippen LogP contribution in [0.1, 0.15) is 18.4 Å². The molecule has 1 amide bonds. The van der Waals surface area contributed by atoms with Crippen molar-refractivity contribution in [3.63, 3.8) is 0 Å². The second kappa shape index (κ2) is 9.01. The van der Waals surface area contributed by atoms with Crippen molar-refractivity contribution in [2.24, 2.45) is 5.92 Å². The fourth-order valence-corrected chi connectivity index (χ4v) is 5.54. The van der Waals surface area contributed by atoms with E-state index < -0.39 is 11.7 Å². The van der Waals surface area contributed by atoms with Gasteiger partial charge in [0.1, 0.15) is 17.2 Å². The topological polar surface area (TPSA) is 52.6 Å². The molecule has 2 saturated heterocycles. The molecule has 0 bridgehead atoms. The maximum atomic E-state index is 14.0. The number of nitrogens with zero attached hydrogens (tertiary/aromatic N) is 5. The van der Waals surface area contributed by atoms with Crippen molar-refractivity contribution in [2.75, 3.05) is 49.1 Å². The van der Waals surface area contributed by atoms with Crippen LogP contribution >= 0.6 is 11.3 Å². The quantitative estimate of drug-likeness (QED) is 0.506. The van der Waals surface area contributed by atoms with E-state index in [0.717, 1.165) is 22.1 Å². The normalized spacial score (nSPS) is 18.1. The zero-order valence-electron chi connectivity index (χ0n) is 18.3. The first kappa shape index (κ1) is 22.8. The lowest BCUT2D eigenvalue weighted by atomic mass is 9.95. The number of carbonyl (C=O) groups excluding carboxylic acids is 1. The average molecular weight is 494 g/mol. The third-order valence-electron chi connectivity index (χ3n) is 6.46. The highest BCUT2D eigenvalue weighted by molar-refractivity contribution is 7.22. The predicted octanol–water partition coefficient (Wildman–Crippen LogP) is 4.41. The Morgan fingerprint density at radius 2 is 1.71 bits per heavy atom. The van der Waals surface area contributed by atoms with Gasteiger partial charge in [-0.25, -0.2) is 14.4 Å². The van der Waals surface area contributed by atoms with Gasteiger partial charge in [0.15, 0.2) is 5.13 Å². The van der Waals surface area contributed by atoms with Crippen molar-refractivity contribution in [3.8, 4) is 0 Å². The van der Waals surface area contributed by atoms with Crippen molar-refractivity contribution in [3.05, 3.63) is 47.9 Å². The van der Waals surface area contributed by atoms with Crippen molar-refractivity contribution >= 4 is 38.4 Å². The number of hydrogen-bond donors (Lipinski definition) is 0. The smallest absolute Gasteiger partial charge is 0.353 e. The van der Waals surface area contributed by atoms with Crippen LogP contribution in [-0.2, 0) is 11.0 Å². The van der Waals surface area contributed by atoms with Gasteiger partial charge in [0.2, 0.25) is 5.91 Å². The van der Waals surface area contributed by atoms with Crippen LogP contribution in [0.4, 0.5) is 28.5 Å². The molecule has 0 N–H and O–H groups in total. The minimum atomic E-state index is -4.41. The lowest BCUT2D eigenvalue weighted by molar-refractivity contribution is -0.138. The largest absolute Gasteiger partial charge is 0.417 e. The average Bonchev–Trinajstić information content (AvgIpc) is 3.29. The number of halogens is 4. The molecule has 2 fully saturated rings. The number of rotatable bonds is 3. The Labute approximate surface area is 197 Å². The second-order valence-electron chi connectivity index (χ2n) is 8.56. The summed E-state index contributed by atoms with van der Waals surface area (Å²) in [5.41, 5.74) is -0.381. The molecule has 2 aliphatic rings. The minimum Gasteiger partial charge on any atom is -0.353 e. The van der Waals surface area contributed by atoms with Gasteiger partial charge in [-0.1, -0.05) is 17.4 Å². The highest BCUT2D eigenvalue weighted by Crippen LogP contribution is 2.33. The van der Waals surface area contributed by atoms with Gasteiger partial charge in [0.25, 0.3) is 0 Å². The van der Waals surface area contributed by atoms with Gasteiger partial charge < -0.3 is 14.7 Å². The third-order valence-corrected chi connectivity index (χ3v) is 7.55. The number of hydrogen-bond acceptors (Lipinski definition) is 6. The molecule has 1 aromatic carbocycles. The Balaban J connectivity index is 1.14. The second-order valence-corrected chi connectivity index (χ2v) is 9.57. The molecule has 2 aromatic heterocycles. The number of amides is 1. The van der Waals surface area contributed by atoms with Crippen LogP contribution in [0.15, 0.2) is 36.5 Å². The van der Waals surface area contributed by atoms with Crippen molar-refractivity contribution in [1.82, 2.24) is 14.9 Å². The van der Waals surface area contributed by atoms with Crippen LogP contribution in [0.25, 0.3) is 10.2 Å². The van der Waals surface area contributed by atoms with Crippen LogP contribution in [0, 0.1) is 11.7 Å². The molecule has 11 heteroatoms. The molecule has 0 aliphatic carbocycles. The summed E-state index contributed by atoms with van der Waals surface area (Å²) in [6, 6.07) is 7.36. The summed E-state index contributed by atoms with van der Waals surface area (Å²) in [6.45, 7) is 3.46.